The third-order valence-corrected chi connectivity index (χ3v) is 4.83. The molecule has 1 aliphatic carbocycles. The zero-order chi connectivity index (χ0) is 14.1. The van der Waals surface area contributed by atoms with Crippen molar-refractivity contribution < 1.29 is 4.79 Å². The van der Waals surface area contributed by atoms with E-state index in [9.17, 15) is 4.79 Å². The van der Waals surface area contributed by atoms with Crippen molar-refractivity contribution in [1.29, 1.82) is 0 Å². The molecular weight excluding hydrogens is 250 g/mol. The van der Waals surface area contributed by atoms with E-state index in [1.807, 2.05) is 24.1 Å². The quantitative estimate of drug-likeness (QED) is 0.914. The second-order valence-electron chi connectivity index (χ2n) is 6.44. The minimum atomic E-state index is 0.174. The van der Waals surface area contributed by atoms with Gasteiger partial charge in [0, 0.05) is 25.8 Å². The first kappa shape index (κ1) is 13.7. The van der Waals surface area contributed by atoms with Crippen LogP contribution in [0, 0.1) is 11.8 Å². The van der Waals surface area contributed by atoms with Crippen LogP contribution in [0.2, 0.25) is 0 Å². The molecule has 3 rings (SSSR count). The Morgan fingerprint density at radius 2 is 2.15 bits per heavy atom. The van der Waals surface area contributed by atoms with Crippen LogP contribution < -0.4 is 5.32 Å². The highest BCUT2D eigenvalue weighted by molar-refractivity contribution is 5.92. The van der Waals surface area contributed by atoms with Gasteiger partial charge in [-0.2, -0.15) is 0 Å². The predicted molar refractivity (Wildman–Crippen MR) is 79.8 cm³/mol. The molecule has 1 saturated carbocycles. The molecule has 1 aliphatic heterocycles. The molecule has 2 unspecified atom stereocenters. The molecule has 0 spiro atoms. The fraction of sp³-hybridized carbons (Fsp3) is 0.688. The number of hydrogen-bond donors (Lipinski definition) is 1. The Bertz CT molecular complexity index is 476. The lowest BCUT2D eigenvalue weighted by Crippen LogP contribution is -2.34. The molecule has 1 N–H and O–H groups in total. The molecule has 4 nitrogen and oxygen atoms in total. The third kappa shape index (κ3) is 2.75. The van der Waals surface area contributed by atoms with Gasteiger partial charge in [0.25, 0.3) is 5.91 Å². The van der Waals surface area contributed by atoms with Crippen LogP contribution >= 0.6 is 0 Å². The van der Waals surface area contributed by atoms with Crippen LogP contribution in [0.5, 0.6) is 0 Å². The monoisotopic (exact) mass is 275 g/mol. The third-order valence-electron chi connectivity index (χ3n) is 4.83. The molecule has 0 bridgehead atoms. The summed E-state index contributed by atoms with van der Waals surface area (Å²) >= 11 is 0. The van der Waals surface area contributed by atoms with Crippen molar-refractivity contribution in [2.24, 2.45) is 11.8 Å². The average molecular weight is 275 g/mol. The van der Waals surface area contributed by atoms with Gasteiger partial charge in [0.05, 0.1) is 0 Å². The van der Waals surface area contributed by atoms with Crippen molar-refractivity contribution in [1.82, 2.24) is 14.8 Å². The zero-order valence-corrected chi connectivity index (χ0v) is 12.5. The number of hydrogen-bond acceptors (Lipinski definition) is 2. The molecule has 2 aliphatic rings. The van der Waals surface area contributed by atoms with Crippen molar-refractivity contribution in [2.45, 2.75) is 32.2 Å². The number of aromatic nitrogens is 1. The van der Waals surface area contributed by atoms with Crippen LogP contribution in [-0.2, 0) is 0 Å². The summed E-state index contributed by atoms with van der Waals surface area (Å²) in [5.74, 6) is 1.68. The maximum atomic E-state index is 12.6. The Kier molecular flexibility index (Phi) is 3.83. The van der Waals surface area contributed by atoms with E-state index in [0.29, 0.717) is 12.0 Å². The van der Waals surface area contributed by atoms with Crippen LogP contribution in [0.25, 0.3) is 0 Å². The maximum absolute atomic E-state index is 12.6. The van der Waals surface area contributed by atoms with Crippen molar-refractivity contribution in [3.05, 3.63) is 24.0 Å². The lowest BCUT2D eigenvalue weighted by atomic mass is 10.1. The molecular formula is C16H25N3O. The molecule has 1 aromatic heterocycles. The lowest BCUT2D eigenvalue weighted by molar-refractivity contribution is 0.0772. The first-order chi connectivity index (χ1) is 9.66. The number of rotatable bonds is 4. The Morgan fingerprint density at radius 3 is 2.80 bits per heavy atom. The summed E-state index contributed by atoms with van der Waals surface area (Å²) < 4.78 is 2.19. The topological polar surface area (TPSA) is 37.3 Å². The lowest BCUT2D eigenvalue weighted by Gasteiger charge is -2.27. The van der Waals surface area contributed by atoms with Crippen LogP contribution in [0.3, 0.4) is 0 Å². The summed E-state index contributed by atoms with van der Waals surface area (Å²) in [6.45, 7) is 5.26. The van der Waals surface area contributed by atoms with Gasteiger partial charge in [-0.1, -0.05) is 6.92 Å². The van der Waals surface area contributed by atoms with E-state index in [1.54, 1.807) is 0 Å². The molecule has 2 atom stereocenters. The van der Waals surface area contributed by atoms with Gasteiger partial charge < -0.3 is 14.8 Å². The fourth-order valence-corrected chi connectivity index (χ4v) is 3.26. The molecule has 1 saturated heterocycles. The minimum absolute atomic E-state index is 0.174. The van der Waals surface area contributed by atoms with E-state index in [-0.39, 0.29) is 5.91 Å². The number of carbonyl (C=O) groups is 1. The van der Waals surface area contributed by atoms with Gasteiger partial charge in [0.15, 0.2) is 0 Å². The van der Waals surface area contributed by atoms with Crippen LogP contribution in [-0.4, -0.2) is 42.1 Å². The SMILES string of the molecule is CC1CC1CN(C)C(=O)c1cccn1C1CCNCC1. The Balaban J connectivity index is 1.69. The van der Waals surface area contributed by atoms with Gasteiger partial charge in [-0.25, -0.2) is 0 Å². The van der Waals surface area contributed by atoms with E-state index >= 15 is 0 Å². The Morgan fingerprint density at radius 1 is 1.45 bits per heavy atom. The first-order valence-electron chi connectivity index (χ1n) is 7.80. The van der Waals surface area contributed by atoms with Crippen molar-refractivity contribution in [2.75, 3.05) is 26.7 Å². The minimum Gasteiger partial charge on any atom is -0.340 e. The molecule has 1 amide bonds. The summed E-state index contributed by atoms with van der Waals surface area (Å²) in [5.41, 5.74) is 0.854. The average Bonchev–Trinajstić information content (AvgIpc) is 2.96. The maximum Gasteiger partial charge on any atom is 0.270 e. The van der Waals surface area contributed by atoms with Gasteiger partial charge in [0.2, 0.25) is 0 Å². The second kappa shape index (κ2) is 5.60. The molecule has 110 valence electrons. The summed E-state index contributed by atoms with van der Waals surface area (Å²) in [6, 6.07) is 4.44. The van der Waals surface area contributed by atoms with Crippen molar-refractivity contribution in [3.63, 3.8) is 0 Å². The normalized spacial score (nSPS) is 26.5. The van der Waals surface area contributed by atoms with E-state index in [1.165, 1.54) is 6.42 Å². The second-order valence-corrected chi connectivity index (χ2v) is 6.44. The number of nitrogens with zero attached hydrogens (tertiary/aromatic N) is 2. The molecule has 2 fully saturated rings. The smallest absolute Gasteiger partial charge is 0.270 e. The zero-order valence-electron chi connectivity index (χ0n) is 12.5. The first-order valence-corrected chi connectivity index (χ1v) is 7.80. The molecule has 0 radical (unpaired) electrons. The highest BCUT2D eigenvalue weighted by Crippen LogP contribution is 2.38. The Labute approximate surface area is 121 Å². The van der Waals surface area contributed by atoms with Gasteiger partial charge in [-0.05, 0) is 56.3 Å². The predicted octanol–water partition coefficient (Wildman–Crippen LogP) is 2.14. The molecule has 0 aromatic carbocycles. The van der Waals surface area contributed by atoms with E-state index < -0.39 is 0 Å². The number of amides is 1. The standard InChI is InChI=1S/C16H25N3O/c1-12-10-13(12)11-18(2)16(20)15-4-3-9-19(15)14-5-7-17-8-6-14/h3-4,9,12-14,17H,5-8,10-11H2,1-2H3. The molecule has 20 heavy (non-hydrogen) atoms. The molecule has 1 aromatic rings. The summed E-state index contributed by atoms with van der Waals surface area (Å²) in [5, 5.41) is 3.38. The van der Waals surface area contributed by atoms with Crippen LogP contribution in [0.1, 0.15) is 42.7 Å². The number of carbonyl (C=O) groups excluding carboxylic acids is 1. The summed E-state index contributed by atoms with van der Waals surface area (Å²) in [7, 11) is 1.94. The van der Waals surface area contributed by atoms with Crippen LogP contribution in [0.15, 0.2) is 18.3 Å². The fourth-order valence-electron chi connectivity index (χ4n) is 3.26. The highest BCUT2D eigenvalue weighted by Gasteiger charge is 2.34. The van der Waals surface area contributed by atoms with Gasteiger partial charge in [-0.3, -0.25) is 4.79 Å². The largest absolute Gasteiger partial charge is 0.340 e. The number of piperidine rings is 1. The van der Waals surface area contributed by atoms with E-state index in [0.717, 1.165) is 44.1 Å². The van der Waals surface area contributed by atoms with Crippen molar-refractivity contribution in [3.8, 4) is 0 Å². The summed E-state index contributed by atoms with van der Waals surface area (Å²) in [6.07, 6.45) is 5.56. The van der Waals surface area contributed by atoms with Gasteiger partial charge in [0.1, 0.15) is 5.69 Å². The highest BCUT2D eigenvalue weighted by atomic mass is 16.2. The van der Waals surface area contributed by atoms with Crippen LogP contribution in [0.4, 0.5) is 0 Å². The van der Waals surface area contributed by atoms with E-state index in [2.05, 4.69) is 23.0 Å². The number of nitrogens with one attached hydrogen (secondary N) is 1. The molecule has 4 heteroatoms. The van der Waals surface area contributed by atoms with Crippen molar-refractivity contribution >= 4 is 5.91 Å². The molecule has 2 heterocycles. The Hall–Kier alpha value is -1.29. The van der Waals surface area contributed by atoms with E-state index in [4.69, 9.17) is 0 Å². The summed E-state index contributed by atoms with van der Waals surface area (Å²) in [4.78, 5) is 14.5. The van der Waals surface area contributed by atoms with Gasteiger partial charge >= 0.3 is 0 Å². The van der Waals surface area contributed by atoms with Gasteiger partial charge in [-0.15, -0.1) is 0 Å².